The van der Waals surface area contributed by atoms with E-state index in [1.807, 2.05) is 81.9 Å². The molecular weight excluding hydrogens is 985 g/mol. The van der Waals surface area contributed by atoms with E-state index in [0.29, 0.717) is 54.0 Å². The number of anilines is 4. The van der Waals surface area contributed by atoms with E-state index < -0.39 is 18.1 Å². The van der Waals surface area contributed by atoms with Crippen LogP contribution in [0.15, 0.2) is 89.0 Å². The summed E-state index contributed by atoms with van der Waals surface area (Å²) in [6, 6.07) is 22.7. The maximum atomic E-state index is 14.3. The smallest absolute Gasteiger partial charge is 0.254 e. The number of hydrogen-bond acceptors (Lipinski definition) is 18. The van der Waals surface area contributed by atoms with Gasteiger partial charge in [-0.3, -0.25) is 14.5 Å². The SMILES string of the molecule is Cc1ncsc1-c1ccc([C@H](C)NC(=O)[C@@H]2C[C@@H](O)CN2C(=O)[C@H](c2cc(OCCN3CCC(OC4CN(c5cc(N6C7CCC6CN(c6cc(-c8ccccc8O)nnc6N)C7)ccn5)C4)CC3)no2)C(C)C)cc1. The van der Waals surface area contributed by atoms with Crippen LogP contribution in [0.1, 0.15) is 81.9 Å². The number of nitrogen functional groups attached to an aromatic ring is 1. The van der Waals surface area contributed by atoms with Crippen molar-refractivity contribution in [1.29, 1.82) is 0 Å². The van der Waals surface area contributed by atoms with Crippen molar-refractivity contribution < 1.29 is 33.8 Å². The van der Waals surface area contributed by atoms with Gasteiger partial charge in [-0.1, -0.05) is 50.2 Å². The van der Waals surface area contributed by atoms with Crippen LogP contribution in [0.3, 0.4) is 0 Å². The van der Waals surface area contributed by atoms with E-state index in [4.69, 9.17) is 24.7 Å². The van der Waals surface area contributed by atoms with Crippen LogP contribution in [0.5, 0.6) is 11.6 Å². The number of benzene rings is 2. The minimum atomic E-state index is -0.828. The van der Waals surface area contributed by atoms with Crippen LogP contribution in [-0.4, -0.2) is 153 Å². The lowest BCUT2D eigenvalue weighted by molar-refractivity contribution is -0.141. The second-order valence-electron chi connectivity index (χ2n) is 21.4. The molecule has 6 aromatic rings. The summed E-state index contributed by atoms with van der Waals surface area (Å²) in [7, 11) is 0. The number of aryl methyl sites for hydroxylation is 1. The molecule has 5 fully saturated rings. The first-order chi connectivity index (χ1) is 36.8. The zero-order valence-electron chi connectivity index (χ0n) is 43.6. The molecule has 400 valence electrons. The van der Waals surface area contributed by atoms with Gasteiger partial charge in [-0.25, -0.2) is 9.97 Å². The first-order valence-corrected chi connectivity index (χ1v) is 27.6. The molecule has 20 heteroatoms. The second kappa shape index (κ2) is 22.0. The normalized spacial score (nSPS) is 22.0. The van der Waals surface area contributed by atoms with Crippen LogP contribution < -0.4 is 30.5 Å². The fourth-order valence-corrected chi connectivity index (χ4v) is 12.7. The first kappa shape index (κ1) is 51.2. The number of aromatic hydroxyl groups is 1. The van der Waals surface area contributed by atoms with Gasteiger partial charge < -0.3 is 54.9 Å². The van der Waals surface area contributed by atoms with Crippen LogP contribution in [0.4, 0.5) is 23.0 Å². The summed E-state index contributed by atoms with van der Waals surface area (Å²) in [5.74, 6) is 0.703. The molecule has 2 amide bonds. The molecule has 5 saturated heterocycles. The lowest BCUT2D eigenvalue weighted by atomic mass is 9.91. The van der Waals surface area contributed by atoms with E-state index in [1.165, 1.54) is 10.6 Å². The Kier molecular flexibility index (Phi) is 14.8. The summed E-state index contributed by atoms with van der Waals surface area (Å²) in [6.45, 7) is 14.0. The van der Waals surface area contributed by atoms with Crippen LogP contribution in [0.25, 0.3) is 21.7 Å². The maximum Gasteiger partial charge on any atom is 0.254 e. The van der Waals surface area contributed by atoms with E-state index in [0.717, 1.165) is 98.2 Å². The zero-order valence-corrected chi connectivity index (χ0v) is 44.4. The molecule has 2 aromatic carbocycles. The Morgan fingerprint density at radius 3 is 2.38 bits per heavy atom. The Hall–Kier alpha value is -6.87. The number of thiazole rings is 1. The summed E-state index contributed by atoms with van der Waals surface area (Å²) in [5, 5.41) is 37.0. The van der Waals surface area contributed by atoms with Crippen LogP contribution in [0, 0.1) is 12.8 Å². The number of aliphatic hydroxyl groups is 1. The molecule has 76 heavy (non-hydrogen) atoms. The molecule has 4 aromatic heterocycles. The number of pyridine rings is 1. The van der Waals surface area contributed by atoms with Gasteiger partial charge in [0.2, 0.25) is 11.8 Å². The summed E-state index contributed by atoms with van der Waals surface area (Å²) in [4.78, 5) is 49.3. The predicted molar refractivity (Wildman–Crippen MR) is 290 cm³/mol. The van der Waals surface area contributed by atoms with Crippen molar-refractivity contribution in [2.75, 3.05) is 79.4 Å². The largest absolute Gasteiger partial charge is 0.507 e. The number of para-hydroxylation sites is 1. The fraction of sp³-hybridized carbons (Fsp3) is 0.482. The van der Waals surface area contributed by atoms with E-state index >= 15 is 0 Å². The van der Waals surface area contributed by atoms with Gasteiger partial charge >= 0.3 is 0 Å². The summed E-state index contributed by atoms with van der Waals surface area (Å²) < 4.78 is 18.4. The van der Waals surface area contributed by atoms with E-state index in [2.05, 4.69) is 57.4 Å². The van der Waals surface area contributed by atoms with Gasteiger partial charge in [-0.15, -0.1) is 21.5 Å². The van der Waals surface area contributed by atoms with Gasteiger partial charge in [0.15, 0.2) is 11.6 Å². The number of rotatable bonds is 17. The van der Waals surface area contributed by atoms with Crippen molar-refractivity contribution >= 4 is 46.2 Å². The minimum absolute atomic E-state index is 0.0545. The Bertz CT molecular complexity index is 2980. The highest BCUT2D eigenvalue weighted by molar-refractivity contribution is 7.13. The van der Waals surface area contributed by atoms with Gasteiger partial charge in [-0.05, 0) is 86.0 Å². The summed E-state index contributed by atoms with van der Waals surface area (Å²) in [5.41, 5.74) is 14.5. The maximum absolute atomic E-state index is 14.3. The monoisotopic (exact) mass is 1050 g/mol. The van der Waals surface area contributed by atoms with Gasteiger partial charge in [0.25, 0.3) is 5.88 Å². The van der Waals surface area contributed by atoms with Crippen molar-refractivity contribution in [2.24, 2.45) is 5.92 Å². The van der Waals surface area contributed by atoms with Crippen molar-refractivity contribution in [3.63, 3.8) is 0 Å². The number of amides is 2. The van der Waals surface area contributed by atoms with Gasteiger partial charge in [-0.2, -0.15) is 0 Å². The van der Waals surface area contributed by atoms with Crippen LogP contribution >= 0.6 is 11.3 Å². The predicted octanol–water partition coefficient (Wildman–Crippen LogP) is 6.43. The number of nitrogens with one attached hydrogen (secondary N) is 1. The van der Waals surface area contributed by atoms with Crippen LogP contribution in [-0.2, 0) is 14.3 Å². The Morgan fingerprint density at radius 2 is 1.66 bits per heavy atom. The molecule has 0 radical (unpaired) electrons. The third kappa shape index (κ3) is 10.8. The molecule has 5 aliphatic rings. The molecule has 5 N–H and O–H groups in total. The number of nitrogens with two attached hydrogens (primary N) is 1. The number of carbonyl (C=O) groups is 2. The molecular formula is C56H68N12O7S. The molecule has 19 nitrogen and oxygen atoms in total. The number of likely N-dealkylation sites (tertiary alicyclic amines) is 2. The van der Waals surface area contributed by atoms with Crippen molar-refractivity contribution in [3.8, 4) is 33.3 Å². The molecule has 9 heterocycles. The molecule has 6 atom stereocenters. The minimum Gasteiger partial charge on any atom is -0.507 e. The highest BCUT2D eigenvalue weighted by atomic mass is 32.1. The number of fused-ring (bicyclic) bond motifs is 2. The number of ether oxygens (including phenoxy) is 2. The third-order valence-corrected chi connectivity index (χ3v) is 16.9. The van der Waals surface area contributed by atoms with E-state index in [-0.39, 0.29) is 54.7 Å². The lowest BCUT2D eigenvalue weighted by Crippen LogP contribution is -2.55. The quantitative estimate of drug-likeness (QED) is 0.0772. The topological polar surface area (TPSA) is 225 Å². The molecule has 2 unspecified atom stereocenters. The summed E-state index contributed by atoms with van der Waals surface area (Å²) >= 11 is 1.59. The number of aromatic nitrogens is 5. The first-order valence-electron chi connectivity index (χ1n) is 26.8. The summed E-state index contributed by atoms with van der Waals surface area (Å²) in [6.07, 6.45) is 5.65. The fourth-order valence-electron chi connectivity index (χ4n) is 11.9. The average molecular weight is 1050 g/mol. The number of nitrogens with zero attached hydrogens (tertiary/aromatic N) is 10. The number of phenols is 1. The van der Waals surface area contributed by atoms with E-state index in [9.17, 15) is 19.8 Å². The van der Waals surface area contributed by atoms with Crippen LogP contribution in [0.2, 0.25) is 0 Å². The van der Waals surface area contributed by atoms with Crippen molar-refractivity contribution in [2.45, 2.75) is 108 Å². The number of carbonyl (C=O) groups excluding carboxylic acids is 2. The molecule has 2 bridgehead atoms. The number of piperazine rings is 1. The molecule has 0 aliphatic carbocycles. The molecule has 0 spiro atoms. The number of hydrogen-bond donors (Lipinski definition) is 4. The second-order valence-corrected chi connectivity index (χ2v) is 22.3. The van der Waals surface area contributed by atoms with Gasteiger partial charge in [0, 0.05) is 100 Å². The molecule has 5 aliphatic heterocycles. The van der Waals surface area contributed by atoms with E-state index in [1.54, 1.807) is 29.5 Å². The highest BCUT2D eigenvalue weighted by Crippen LogP contribution is 2.41. The average Bonchev–Trinajstić information content (AvgIpc) is 4.22. The molecule has 11 rings (SSSR count). The third-order valence-electron chi connectivity index (χ3n) is 16.0. The number of β-amino-alcohol motifs (C(OH)–C–C–N with tert-alkyl or cyclic N) is 1. The van der Waals surface area contributed by atoms with Crippen molar-refractivity contribution in [1.82, 2.24) is 40.4 Å². The zero-order chi connectivity index (χ0) is 52.6. The van der Waals surface area contributed by atoms with Gasteiger partial charge in [0.05, 0.1) is 51.8 Å². The van der Waals surface area contributed by atoms with Gasteiger partial charge in [0.1, 0.15) is 30.1 Å². The number of aliphatic hydroxyl groups excluding tert-OH is 1. The lowest BCUT2D eigenvalue weighted by Gasteiger charge is -2.45. The highest BCUT2D eigenvalue weighted by Gasteiger charge is 2.44. The Labute approximate surface area is 447 Å². The molecule has 0 saturated carbocycles. The Balaban J connectivity index is 0.613. The standard InChI is InChI=1S/C56H68N12O7S/c1-33(2)52(56(72)67-29-41(69)24-47(67)55(71)60-34(3)36-9-11-37(12-10-36)53-35(4)59-32-76-53)49-26-51(63-75-49)73-22-21-64-19-16-42(17-20-64)74-43-30-66(31-43)50-23-38(15-18-58-50)68-39-13-14-40(68)28-65(27-39)46-25-45(61-62-54(46)57)44-7-5-6-8-48(44)70/h5-12,15,18,23,25-26,32-34,39-43,47,52,69-70H,13-14,16-17,19-22,24,27-31H2,1-4H3,(H2,57,62)(H,60,71)/t34-,39?,40?,41+,47-,52-/m0/s1. The van der Waals surface area contributed by atoms with Crippen molar-refractivity contribution in [3.05, 3.63) is 102 Å². The number of phenolic OH excluding ortho intramolecular Hbond substituents is 1. The Morgan fingerprint density at radius 1 is 0.895 bits per heavy atom. The number of piperidine rings is 1.